The number of benzodiazepines with no additional fused rings is 1. The Morgan fingerprint density at radius 1 is 1.25 bits per heavy atom. The largest absolute Gasteiger partial charge is 0.469 e. The highest BCUT2D eigenvalue weighted by molar-refractivity contribution is 7.99. The van der Waals surface area contributed by atoms with Crippen LogP contribution in [0.4, 0.5) is 5.69 Å². The van der Waals surface area contributed by atoms with Crippen molar-refractivity contribution >= 4 is 45.8 Å². The van der Waals surface area contributed by atoms with E-state index in [2.05, 4.69) is 10.3 Å². The van der Waals surface area contributed by atoms with Crippen LogP contribution in [0.1, 0.15) is 12.0 Å². The number of anilines is 1. The van der Waals surface area contributed by atoms with Gasteiger partial charge in [0.25, 0.3) is 0 Å². The molecule has 6 heteroatoms. The number of nitrogens with one attached hydrogen (secondary N) is 1. The molecule has 0 saturated carbocycles. The van der Waals surface area contributed by atoms with Crippen molar-refractivity contribution < 1.29 is 9.53 Å². The lowest BCUT2D eigenvalue weighted by molar-refractivity contribution is -0.140. The van der Waals surface area contributed by atoms with E-state index in [1.54, 1.807) is 6.21 Å². The minimum Gasteiger partial charge on any atom is -0.469 e. The van der Waals surface area contributed by atoms with Crippen LogP contribution in [0, 0.1) is 0 Å². The third kappa shape index (κ3) is 4.04. The molecule has 2 aromatic rings. The maximum Gasteiger partial charge on any atom is 0.308 e. The normalized spacial score (nSPS) is 18.1. The molecule has 0 fully saturated rings. The standard InChI is InChI=1S/C18H17ClN2O2S/c1-23-17(22)10-16-18(24-14-8-6-13(19)7-9-14)21-15-5-3-2-4-12(15)11-20-16/h2-9,11,16,21,24H,10H2,1H3/t16-/m0/s1. The molecule has 0 saturated heterocycles. The number of hydrogen-bond donors (Lipinski definition) is 2. The molecular formula is C18H17ClN2O2S. The van der Waals surface area contributed by atoms with Crippen molar-refractivity contribution in [3.8, 4) is 0 Å². The van der Waals surface area contributed by atoms with E-state index in [4.69, 9.17) is 16.3 Å². The molecule has 0 amide bonds. The number of aliphatic imine (C=N–C) groups is 1. The molecule has 0 bridgehead atoms. The van der Waals surface area contributed by atoms with Crippen molar-refractivity contribution in [2.75, 3.05) is 12.4 Å². The number of ether oxygens (including phenoxy) is 1. The number of thiol groups is 1. The van der Waals surface area contributed by atoms with Gasteiger partial charge in [-0.15, -0.1) is 11.4 Å². The zero-order valence-corrected chi connectivity index (χ0v) is 14.7. The van der Waals surface area contributed by atoms with Crippen LogP contribution in [-0.4, -0.2) is 30.3 Å². The van der Waals surface area contributed by atoms with Crippen LogP contribution >= 0.6 is 23.0 Å². The molecule has 0 aliphatic carbocycles. The number of nitrogens with zero attached hydrogens (tertiary/aromatic N) is 1. The van der Waals surface area contributed by atoms with E-state index in [0.717, 1.165) is 32.5 Å². The summed E-state index contributed by atoms with van der Waals surface area (Å²) >= 11 is 6.90. The molecule has 2 aromatic carbocycles. The SMILES string of the molecule is COC(=O)C[C@@H]1N=Cc2ccccc2NC1=[SH]c1ccc(Cl)cc1. The molecule has 0 spiro atoms. The molecule has 1 aliphatic heterocycles. The van der Waals surface area contributed by atoms with Crippen LogP contribution in [0.2, 0.25) is 5.02 Å². The molecule has 0 unspecified atom stereocenters. The highest BCUT2D eigenvalue weighted by Gasteiger charge is 2.21. The monoisotopic (exact) mass is 360 g/mol. The minimum absolute atomic E-state index is 0.198. The van der Waals surface area contributed by atoms with Crippen LogP contribution < -0.4 is 5.32 Å². The first kappa shape index (κ1) is 16.7. The number of halogens is 1. The van der Waals surface area contributed by atoms with Crippen molar-refractivity contribution in [2.24, 2.45) is 4.99 Å². The predicted molar refractivity (Wildman–Crippen MR) is 102 cm³/mol. The summed E-state index contributed by atoms with van der Waals surface area (Å²) in [5.74, 6) is -0.284. The number of para-hydroxylation sites is 1. The van der Waals surface area contributed by atoms with Gasteiger partial charge < -0.3 is 10.1 Å². The zero-order chi connectivity index (χ0) is 16.9. The summed E-state index contributed by atoms with van der Waals surface area (Å²) in [4.78, 5) is 18.3. The molecule has 1 aliphatic rings. The summed E-state index contributed by atoms with van der Waals surface area (Å²) in [5.41, 5.74) is 1.97. The van der Waals surface area contributed by atoms with E-state index in [0.29, 0.717) is 5.02 Å². The van der Waals surface area contributed by atoms with Crippen LogP contribution in [0.15, 0.2) is 58.4 Å². The van der Waals surface area contributed by atoms with E-state index in [1.165, 1.54) is 7.11 Å². The lowest BCUT2D eigenvalue weighted by Crippen LogP contribution is -2.27. The first-order chi connectivity index (χ1) is 11.7. The fraction of sp³-hybridized carbons (Fsp3) is 0.167. The molecule has 1 N–H and O–H groups in total. The number of esters is 1. The van der Waals surface area contributed by atoms with Gasteiger partial charge in [-0.1, -0.05) is 29.8 Å². The van der Waals surface area contributed by atoms with Crippen molar-refractivity contribution in [3.63, 3.8) is 0 Å². The van der Waals surface area contributed by atoms with E-state index in [9.17, 15) is 4.79 Å². The third-order valence-electron chi connectivity index (χ3n) is 3.60. The number of rotatable bonds is 3. The summed E-state index contributed by atoms with van der Waals surface area (Å²) in [5, 5.41) is 4.14. The second-order valence-electron chi connectivity index (χ2n) is 5.26. The van der Waals surface area contributed by atoms with Crippen LogP contribution in [0.5, 0.6) is 0 Å². The molecule has 3 rings (SSSR count). The molecule has 1 heterocycles. The molecule has 0 radical (unpaired) electrons. The summed E-state index contributed by atoms with van der Waals surface area (Å²) in [6.45, 7) is 0. The number of carbonyl (C=O) groups excluding carboxylic acids is 1. The Morgan fingerprint density at radius 3 is 2.75 bits per heavy atom. The van der Waals surface area contributed by atoms with Gasteiger partial charge in [-0.3, -0.25) is 9.79 Å². The zero-order valence-electron chi connectivity index (χ0n) is 13.1. The summed E-state index contributed by atoms with van der Waals surface area (Å²) < 4.78 is 4.81. The highest BCUT2D eigenvalue weighted by atomic mass is 35.5. The first-order valence-electron chi connectivity index (χ1n) is 7.46. The summed E-state index contributed by atoms with van der Waals surface area (Å²) in [6, 6.07) is 15.3. The highest BCUT2D eigenvalue weighted by Crippen LogP contribution is 2.23. The number of hydrogen-bond acceptors (Lipinski definition) is 3. The van der Waals surface area contributed by atoms with Crippen LogP contribution in [0.3, 0.4) is 0 Å². The molecule has 124 valence electrons. The topological polar surface area (TPSA) is 50.7 Å². The van der Waals surface area contributed by atoms with Gasteiger partial charge in [0, 0.05) is 27.4 Å². The maximum absolute atomic E-state index is 11.8. The molecule has 0 aromatic heterocycles. The van der Waals surface area contributed by atoms with E-state index >= 15 is 0 Å². The van der Waals surface area contributed by atoms with Gasteiger partial charge in [0.2, 0.25) is 0 Å². The Labute approximate surface area is 149 Å². The van der Waals surface area contributed by atoms with Crippen molar-refractivity contribution in [2.45, 2.75) is 17.4 Å². The molecule has 24 heavy (non-hydrogen) atoms. The van der Waals surface area contributed by atoms with Gasteiger partial charge in [0.15, 0.2) is 0 Å². The molecule has 1 atom stereocenters. The Hall–Kier alpha value is -2.11. The maximum atomic E-state index is 11.8. The second kappa shape index (κ2) is 7.64. The van der Waals surface area contributed by atoms with E-state index in [-0.39, 0.29) is 18.4 Å². The smallest absolute Gasteiger partial charge is 0.308 e. The third-order valence-corrected chi connectivity index (χ3v) is 5.06. The lowest BCUT2D eigenvalue weighted by atomic mass is 10.2. The average Bonchev–Trinajstić information content (AvgIpc) is 2.76. The van der Waals surface area contributed by atoms with Gasteiger partial charge in [-0.25, -0.2) is 0 Å². The number of methoxy groups -OCH3 is 1. The summed E-state index contributed by atoms with van der Waals surface area (Å²) in [6.07, 6.45) is 2.00. The molecule has 4 nitrogen and oxygen atoms in total. The second-order valence-corrected chi connectivity index (χ2v) is 6.92. The van der Waals surface area contributed by atoms with Crippen LogP contribution in [0.25, 0.3) is 0 Å². The number of fused-ring (bicyclic) bond motifs is 1. The van der Waals surface area contributed by atoms with Crippen molar-refractivity contribution in [1.29, 1.82) is 0 Å². The van der Waals surface area contributed by atoms with Gasteiger partial charge >= 0.3 is 5.97 Å². The van der Waals surface area contributed by atoms with Gasteiger partial charge in [0.1, 0.15) is 6.04 Å². The number of benzene rings is 2. The average molecular weight is 361 g/mol. The van der Waals surface area contributed by atoms with Crippen molar-refractivity contribution in [1.82, 2.24) is 0 Å². The van der Waals surface area contributed by atoms with Gasteiger partial charge in [0.05, 0.1) is 18.5 Å². The first-order valence-corrected chi connectivity index (χ1v) is 8.73. The Kier molecular flexibility index (Phi) is 5.33. The fourth-order valence-electron chi connectivity index (χ4n) is 2.33. The van der Waals surface area contributed by atoms with E-state index < -0.39 is 0 Å². The Bertz CT molecular complexity index is 803. The van der Waals surface area contributed by atoms with Gasteiger partial charge in [-0.05, 0) is 30.3 Å². The summed E-state index contributed by atoms with van der Waals surface area (Å²) in [7, 11) is 1.39. The Morgan fingerprint density at radius 2 is 2.00 bits per heavy atom. The van der Waals surface area contributed by atoms with Crippen LogP contribution in [-0.2, 0) is 9.53 Å². The number of carbonyl (C=O) groups is 1. The van der Waals surface area contributed by atoms with Crippen molar-refractivity contribution in [3.05, 3.63) is 59.1 Å². The van der Waals surface area contributed by atoms with Gasteiger partial charge in [-0.2, -0.15) is 0 Å². The minimum atomic E-state index is -0.290. The quantitative estimate of drug-likeness (QED) is 0.497. The van der Waals surface area contributed by atoms with E-state index in [1.807, 2.05) is 48.5 Å². The predicted octanol–water partition coefficient (Wildman–Crippen LogP) is 3.77. The molecular weight excluding hydrogens is 344 g/mol. The Balaban J connectivity index is 1.98. The fourth-order valence-corrected chi connectivity index (χ4v) is 3.52. The lowest BCUT2D eigenvalue weighted by Gasteiger charge is -2.16.